The quantitative estimate of drug-likeness (QED) is 0.272. The van der Waals surface area contributed by atoms with E-state index in [9.17, 15) is 5.11 Å². The van der Waals surface area contributed by atoms with Gasteiger partial charge < -0.3 is 36.5 Å². The van der Waals surface area contributed by atoms with E-state index >= 15 is 0 Å². The normalized spacial score (nSPS) is 44.2. The van der Waals surface area contributed by atoms with Gasteiger partial charge in [-0.1, -0.05) is 13.8 Å². The fourth-order valence-corrected chi connectivity index (χ4v) is 9.46. The van der Waals surface area contributed by atoms with Crippen LogP contribution in [0.15, 0.2) is 0 Å². The first-order chi connectivity index (χ1) is 17.8. The Morgan fingerprint density at radius 2 is 1.46 bits per heavy atom. The molecule has 0 aromatic rings. The van der Waals surface area contributed by atoms with Crippen molar-refractivity contribution in [3.05, 3.63) is 0 Å². The fraction of sp³-hybridized carbons (Fsp3) is 1.00. The minimum absolute atomic E-state index is 0.0366. The summed E-state index contributed by atoms with van der Waals surface area (Å²) in [5, 5.41) is 10.9. The lowest BCUT2D eigenvalue weighted by Crippen LogP contribution is -2.63. The molecule has 0 radical (unpaired) electrons. The molecule has 4 saturated carbocycles. The van der Waals surface area contributed by atoms with Crippen LogP contribution in [0.5, 0.6) is 0 Å². The van der Waals surface area contributed by atoms with E-state index in [1.807, 2.05) is 6.92 Å². The monoisotopic (exact) mass is 523 g/mol. The van der Waals surface area contributed by atoms with Crippen molar-refractivity contribution in [2.24, 2.45) is 57.6 Å². The zero-order valence-corrected chi connectivity index (χ0v) is 23.9. The molecule has 4 rings (SSSR count). The van der Waals surface area contributed by atoms with Crippen LogP contribution in [0, 0.1) is 40.4 Å². The number of ether oxygens (including phenoxy) is 3. The molecule has 0 aromatic heterocycles. The van der Waals surface area contributed by atoms with Gasteiger partial charge in [-0.15, -0.1) is 0 Å². The highest BCUT2D eigenvalue weighted by molar-refractivity contribution is 5.15. The van der Waals surface area contributed by atoms with Crippen molar-refractivity contribution in [2.75, 3.05) is 39.5 Å². The minimum Gasteiger partial charge on any atom is -0.393 e. The Bertz CT molecular complexity index is 710. The molecule has 0 heterocycles. The average molecular weight is 524 g/mol. The Balaban J connectivity index is 1.63. The van der Waals surface area contributed by atoms with Crippen molar-refractivity contribution >= 4 is 0 Å². The van der Waals surface area contributed by atoms with Crippen LogP contribution in [-0.4, -0.2) is 69.0 Å². The predicted octanol–water partition coefficient (Wildman–Crippen LogP) is 3.45. The van der Waals surface area contributed by atoms with Crippen LogP contribution in [-0.2, 0) is 14.2 Å². The van der Waals surface area contributed by atoms with Crippen LogP contribution >= 0.6 is 0 Å². The Hall–Kier alpha value is -0.280. The van der Waals surface area contributed by atoms with Crippen LogP contribution in [0.2, 0.25) is 0 Å². The molecule has 4 aliphatic rings. The molecule has 37 heavy (non-hydrogen) atoms. The maximum absolute atomic E-state index is 10.9. The van der Waals surface area contributed by atoms with Gasteiger partial charge >= 0.3 is 0 Å². The molecule has 10 unspecified atom stereocenters. The molecule has 4 fully saturated rings. The Kier molecular flexibility index (Phi) is 10.4. The summed E-state index contributed by atoms with van der Waals surface area (Å²) in [5.74, 6) is 2.44. The number of fused-ring (bicyclic) bond motifs is 5. The van der Waals surface area contributed by atoms with Gasteiger partial charge in [0, 0.05) is 25.2 Å². The van der Waals surface area contributed by atoms with Gasteiger partial charge in [0.2, 0.25) is 0 Å². The summed E-state index contributed by atoms with van der Waals surface area (Å²) in [6, 6.07) is 0. The van der Waals surface area contributed by atoms with Crippen molar-refractivity contribution in [1.29, 1.82) is 0 Å². The zero-order valence-electron chi connectivity index (χ0n) is 23.9. The predicted molar refractivity (Wildman–Crippen MR) is 148 cm³/mol. The molecule has 0 amide bonds. The van der Waals surface area contributed by atoms with Crippen LogP contribution in [0.4, 0.5) is 0 Å². The summed E-state index contributed by atoms with van der Waals surface area (Å²) in [6.07, 6.45) is 11.0. The zero-order chi connectivity index (χ0) is 26.6. The smallest absolute Gasteiger partial charge is 0.0638 e. The maximum Gasteiger partial charge on any atom is 0.0638 e. The molecule has 0 aliphatic heterocycles. The molecule has 0 saturated heterocycles. The van der Waals surface area contributed by atoms with Crippen molar-refractivity contribution in [2.45, 2.75) is 109 Å². The van der Waals surface area contributed by atoms with Crippen LogP contribution in [0.1, 0.15) is 85.0 Å². The summed E-state index contributed by atoms with van der Waals surface area (Å²) in [7, 11) is 0. The molecule has 7 nitrogen and oxygen atoms in total. The van der Waals surface area contributed by atoms with Gasteiger partial charge in [0.25, 0.3) is 0 Å². The van der Waals surface area contributed by atoms with E-state index in [2.05, 4.69) is 13.8 Å². The highest BCUT2D eigenvalue weighted by Gasteiger charge is 2.66. The van der Waals surface area contributed by atoms with Crippen LogP contribution < -0.4 is 17.2 Å². The first kappa shape index (κ1) is 29.7. The van der Waals surface area contributed by atoms with Crippen molar-refractivity contribution in [1.82, 2.24) is 0 Å². The molecule has 216 valence electrons. The lowest BCUT2D eigenvalue weighted by atomic mass is 9.43. The number of rotatable bonds is 13. The third-order valence-corrected chi connectivity index (χ3v) is 11.4. The second-order valence-electron chi connectivity index (χ2n) is 13.2. The minimum atomic E-state index is -0.322. The first-order valence-electron chi connectivity index (χ1n) is 15.4. The molecule has 11 atom stereocenters. The Morgan fingerprint density at radius 1 is 0.811 bits per heavy atom. The van der Waals surface area contributed by atoms with Gasteiger partial charge in [0.05, 0.1) is 24.4 Å². The molecule has 7 N–H and O–H groups in total. The number of aliphatic hydroxyl groups excluding tert-OH is 1. The van der Waals surface area contributed by atoms with E-state index in [1.54, 1.807) is 0 Å². The third-order valence-electron chi connectivity index (χ3n) is 11.4. The Labute approximate surface area is 225 Å². The molecule has 0 aromatic carbocycles. The SMILES string of the molecule is C[C@@H](O)C1CCC2C3C(OCCCN)CC4CC(OCCCN)CCC4(C)C3CC(OCCCN)C21C. The van der Waals surface area contributed by atoms with Crippen molar-refractivity contribution < 1.29 is 19.3 Å². The number of hydrogen-bond donors (Lipinski definition) is 4. The number of hydrogen-bond acceptors (Lipinski definition) is 7. The highest BCUT2D eigenvalue weighted by atomic mass is 16.5. The molecule has 4 aliphatic carbocycles. The second-order valence-corrected chi connectivity index (χ2v) is 13.2. The first-order valence-corrected chi connectivity index (χ1v) is 15.4. The van der Waals surface area contributed by atoms with Crippen molar-refractivity contribution in [3.8, 4) is 0 Å². The lowest BCUT2D eigenvalue weighted by molar-refractivity contribution is -0.229. The molecule has 0 bridgehead atoms. The molecular formula is C30H57N3O4. The fourth-order valence-electron chi connectivity index (χ4n) is 9.46. The van der Waals surface area contributed by atoms with E-state index in [-0.39, 0.29) is 35.1 Å². The van der Waals surface area contributed by atoms with Gasteiger partial charge in [-0.05, 0) is 126 Å². The summed E-state index contributed by atoms with van der Waals surface area (Å²) >= 11 is 0. The highest BCUT2D eigenvalue weighted by Crippen LogP contribution is 2.68. The van der Waals surface area contributed by atoms with Crippen molar-refractivity contribution in [3.63, 3.8) is 0 Å². The topological polar surface area (TPSA) is 126 Å². The van der Waals surface area contributed by atoms with E-state index in [0.717, 1.165) is 71.0 Å². The summed E-state index contributed by atoms with van der Waals surface area (Å²) in [4.78, 5) is 0. The van der Waals surface area contributed by atoms with E-state index < -0.39 is 0 Å². The standard InChI is InChI=1S/C30H57N3O4/c1-20(34)23-7-8-24-28-25(19-27(30(23,24)3)37-16-6-13-33)29(2)10-9-22(35-14-4-11-31)17-21(29)18-26(28)36-15-5-12-32/h20-28,34H,4-19,31-33H2,1-3H3/t20-,21?,22?,23?,24?,25?,26?,27?,28?,29?,30?/m1/s1. The van der Waals surface area contributed by atoms with Crippen LogP contribution in [0.3, 0.4) is 0 Å². The summed E-state index contributed by atoms with van der Waals surface area (Å²) in [5.41, 5.74) is 17.6. The molecular weight excluding hydrogens is 466 g/mol. The number of nitrogens with two attached hydrogens (primary N) is 3. The third kappa shape index (κ3) is 5.79. The van der Waals surface area contributed by atoms with Gasteiger partial charge in [-0.2, -0.15) is 0 Å². The lowest BCUT2D eigenvalue weighted by Gasteiger charge is -2.64. The summed E-state index contributed by atoms with van der Waals surface area (Å²) < 4.78 is 19.8. The van der Waals surface area contributed by atoms with Gasteiger partial charge in [-0.3, -0.25) is 0 Å². The summed E-state index contributed by atoms with van der Waals surface area (Å²) in [6.45, 7) is 11.2. The second kappa shape index (κ2) is 12.9. The van der Waals surface area contributed by atoms with Gasteiger partial charge in [0.1, 0.15) is 0 Å². The van der Waals surface area contributed by atoms with E-state index in [4.69, 9.17) is 31.4 Å². The van der Waals surface area contributed by atoms with E-state index in [1.165, 1.54) is 6.42 Å². The van der Waals surface area contributed by atoms with Crippen LogP contribution in [0.25, 0.3) is 0 Å². The van der Waals surface area contributed by atoms with E-state index in [0.29, 0.717) is 56.0 Å². The Morgan fingerprint density at radius 3 is 2.11 bits per heavy atom. The average Bonchev–Trinajstić information content (AvgIpc) is 3.23. The van der Waals surface area contributed by atoms with Gasteiger partial charge in [0.15, 0.2) is 0 Å². The molecule has 7 heteroatoms. The number of aliphatic hydroxyl groups is 1. The largest absolute Gasteiger partial charge is 0.393 e. The maximum atomic E-state index is 10.9. The van der Waals surface area contributed by atoms with Gasteiger partial charge in [-0.25, -0.2) is 0 Å². The molecule has 0 spiro atoms.